The smallest absolute Gasteiger partial charge is 0.317 e. The largest absolute Gasteiger partial charge is 0.480 e. The number of rotatable bonds is 7. The molecule has 0 heterocycles. The average molecular weight is 308 g/mol. The molecule has 0 saturated heterocycles. The van der Waals surface area contributed by atoms with Crippen molar-refractivity contribution in [1.82, 2.24) is 4.90 Å². The highest BCUT2D eigenvalue weighted by Crippen LogP contribution is 2.16. The summed E-state index contributed by atoms with van der Waals surface area (Å²) in [6, 6.07) is 14.8. The predicted molar refractivity (Wildman–Crippen MR) is 89.3 cm³/mol. The molecule has 0 spiro atoms. The van der Waals surface area contributed by atoms with E-state index in [1.807, 2.05) is 17.0 Å². The summed E-state index contributed by atoms with van der Waals surface area (Å²) in [4.78, 5) is 12.8. The SMILES string of the molecule is CCCN(CCc1ccc2ccccc2c1)CC(=O)O.Cl. The van der Waals surface area contributed by atoms with Gasteiger partial charge in [0.15, 0.2) is 0 Å². The standard InChI is InChI=1S/C17H21NO2.ClH/c1-2-10-18(13-17(19)20)11-9-14-7-8-15-5-3-4-6-16(15)12-14;/h3-8,12H,2,9-11,13H2,1H3,(H,19,20);1H. The van der Waals surface area contributed by atoms with Gasteiger partial charge in [-0.3, -0.25) is 9.69 Å². The number of aliphatic carboxylic acids is 1. The molecule has 0 saturated carbocycles. The fourth-order valence-electron chi connectivity index (χ4n) is 2.46. The van der Waals surface area contributed by atoms with Crippen molar-refractivity contribution in [3.05, 3.63) is 48.0 Å². The van der Waals surface area contributed by atoms with Crippen molar-refractivity contribution >= 4 is 29.1 Å². The lowest BCUT2D eigenvalue weighted by molar-refractivity contribution is -0.138. The molecule has 0 aliphatic heterocycles. The Morgan fingerprint density at radius 3 is 2.48 bits per heavy atom. The molecule has 0 unspecified atom stereocenters. The third kappa shape index (κ3) is 5.37. The summed E-state index contributed by atoms with van der Waals surface area (Å²) in [5.41, 5.74) is 1.26. The van der Waals surface area contributed by atoms with Crippen LogP contribution in [0.2, 0.25) is 0 Å². The summed E-state index contributed by atoms with van der Waals surface area (Å²) < 4.78 is 0. The normalized spacial score (nSPS) is 10.6. The monoisotopic (exact) mass is 307 g/mol. The Kier molecular flexibility index (Phi) is 7.20. The van der Waals surface area contributed by atoms with Gasteiger partial charge >= 0.3 is 5.97 Å². The van der Waals surface area contributed by atoms with Crippen LogP contribution in [0.5, 0.6) is 0 Å². The van der Waals surface area contributed by atoms with Crippen LogP contribution in [0.15, 0.2) is 42.5 Å². The summed E-state index contributed by atoms with van der Waals surface area (Å²) in [5.74, 6) is -0.753. The Bertz CT molecular complexity index is 586. The van der Waals surface area contributed by atoms with Crippen molar-refractivity contribution in [2.75, 3.05) is 19.6 Å². The van der Waals surface area contributed by atoms with E-state index in [0.717, 1.165) is 25.9 Å². The van der Waals surface area contributed by atoms with Gasteiger partial charge in [0.05, 0.1) is 6.54 Å². The summed E-state index contributed by atoms with van der Waals surface area (Å²) in [5, 5.41) is 11.4. The first-order valence-corrected chi connectivity index (χ1v) is 7.11. The van der Waals surface area contributed by atoms with Crippen LogP contribution in [0.3, 0.4) is 0 Å². The van der Waals surface area contributed by atoms with Crippen molar-refractivity contribution in [1.29, 1.82) is 0 Å². The van der Waals surface area contributed by atoms with E-state index in [-0.39, 0.29) is 19.0 Å². The summed E-state index contributed by atoms with van der Waals surface area (Å²) in [7, 11) is 0. The molecule has 21 heavy (non-hydrogen) atoms. The van der Waals surface area contributed by atoms with Gasteiger partial charge in [0.2, 0.25) is 0 Å². The lowest BCUT2D eigenvalue weighted by Gasteiger charge is -2.19. The lowest BCUT2D eigenvalue weighted by atomic mass is 10.0. The summed E-state index contributed by atoms with van der Waals surface area (Å²) in [6.07, 6.45) is 1.86. The van der Waals surface area contributed by atoms with E-state index in [1.165, 1.54) is 16.3 Å². The number of nitrogens with zero attached hydrogens (tertiary/aromatic N) is 1. The molecule has 0 atom stereocenters. The number of carbonyl (C=O) groups is 1. The minimum atomic E-state index is -0.753. The molecule has 0 aromatic heterocycles. The van der Waals surface area contributed by atoms with Crippen LogP contribution in [0.25, 0.3) is 10.8 Å². The Morgan fingerprint density at radius 1 is 1.10 bits per heavy atom. The minimum Gasteiger partial charge on any atom is -0.480 e. The van der Waals surface area contributed by atoms with Crippen LogP contribution < -0.4 is 0 Å². The predicted octanol–water partition coefficient (Wildman–Crippen LogP) is 3.60. The van der Waals surface area contributed by atoms with Gasteiger partial charge in [-0.2, -0.15) is 0 Å². The van der Waals surface area contributed by atoms with Crippen LogP contribution in [0.4, 0.5) is 0 Å². The number of carboxylic acid groups (broad SMARTS) is 1. The molecular formula is C17H22ClNO2. The van der Waals surface area contributed by atoms with E-state index in [0.29, 0.717) is 0 Å². The maximum atomic E-state index is 10.8. The highest BCUT2D eigenvalue weighted by Gasteiger charge is 2.08. The quantitative estimate of drug-likeness (QED) is 0.849. The van der Waals surface area contributed by atoms with E-state index in [1.54, 1.807) is 0 Å². The maximum Gasteiger partial charge on any atom is 0.317 e. The lowest BCUT2D eigenvalue weighted by Crippen LogP contribution is -2.32. The second kappa shape index (κ2) is 8.65. The highest BCUT2D eigenvalue weighted by atomic mass is 35.5. The van der Waals surface area contributed by atoms with Gasteiger partial charge < -0.3 is 5.11 Å². The van der Waals surface area contributed by atoms with E-state index >= 15 is 0 Å². The number of fused-ring (bicyclic) bond motifs is 1. The zero-order valence-corrected chi connectivity index (χ0v) is 13.1. The molecule has 0 aliphatic carbocycles. The van der Waals surface area contributed by atoms with Gasteiger partial charge in [0.1, 0.15) is 0 Å². The average Bonchev–Trinajstić information content (AvgIpc) is 2.44. The van der Waals surface area contributed by atoms with E-state index in [9.17, 15) is 4.79 Å². The second-order valence-electron chi connectivity index (χ2n) is 5.10. The molecule has 0 aliphatic rings. The van der Waals surface area contributed by atoms with Crippen molar-refractivity contribution < 1.29 is 9.90 Å². The molecule has 0 bridgehead atoms. The number of halogens is 1. The topological polar surface area (TPSA) is 40.5 Å². The Balaban J connectivity index is 0.00000220. The van der Waals surface area contributed by atoms with Crippen molar-refractivity contribution in [3.8, 4) is 0 Å². The zero-order valence-electron chi connectivity index (χ0n) is 12.3. The van der Waals surface area contributed by atoms with Crippen LogP contribution in [-0.4, -0.2) is 35.6 Å². The van der Waals surface area contributed by atoms with E-state index < -0.39 is 5.97 Å². The Morgan fingerprint density at radius 2 is 1.81 bits per heavy atom. The van der Waals surface area contributed by atoms with Gasteiger partial charge in [0, 0.05) is 6.54 Å². The fourth-order valence-corrected chi connectivity index (χ4v) is 2.46. The van der Waals surface area contributed by atoms with Gasteiger partial charge in [-0.25, -0.2) is 0 Å². The molecule has 2 aromatic carbocycles. The molecule has 1 N–H and O–H groups in total. The van der Waals surface area contributed by atoms with Crippen LogP contribution in [0.1, 0.15) is 18.9 Å². The molecule has 3 nitrogen and oxygen atoms in total. The Labute approximate surface area is 132 Å². The summed E-state index contributed by atoms with van der Waals surface area (Å²) >= 11 is 0. The third-order valence-electron chi connectivity index (χ3n) is 3.43. The van der Waals surface area contributed by atoms with E-state index in [4.69, 9.17) is 5.11 Å². The van der Waals surface area contributed by atoms with Crippen molar-refractivity contribution in [2.45, 2.75) is 19.8 Å². The first-order valence-electron chi connectivity index (χ1n) is 7.11. The number of carboxylic acids is 1. The van der Waals surface area contributed by atoms with Crippen LogP contribution in [-0.2, 0) is 11.2 Å². The number of hydrogen-bond acceptors (Lipinski definition) is 2. The number of hydrogen-bond donors (Lipinski definition) is 1. The molecule has 0 fully saturated rings. The molecule has 2 rings (SSSR count). The first-order chi connectivity index (χ1) is 9.69. The highest BCUT2D eigenvalue weighted by molar-refractivity contribution is 5.85. The first kappa shape index (κ1) is 17.5. The van der Waals surface area contributed by atoms with Gasteiger partial charge in [0.25, 0.3) is 0 Å². The van der Waals surface area contributed by atoms with Crippen molar-refractivity contribution in [3.63, 3.8) is 0 Å². The molecule has 2 aromatic rings. The van der Waals surface area contributed by atoms with Gasteiger partial charge in [-0.1, -0.05) is 49.4 Å². The zero-order chi connectivity index (χ0) is 14.4. The Hall–Kier alpha value is -1.58. The van der Waals surface area contributed by atoms with Gasteiger partial charge in [-0.15, -0.1) is 12.4 Å². The van der Waals surface area contributed by atoms with Crippen LogP contribution >= 0.6 is 12.4 Å². The maximum absolute atomic E-state index is 10.8. The minimum absolute atomic E-state index is 0. The molecule has 4 heteroatoms. The number of benzene rings is 2. The molecule has 0 radical (unpaired) electrons. The second-order valence-corrected chi connectivity index (χ2v) is 5.10. The molecular weight excluding hydrogens is 286 g/mol. The van der Waals surface area contributed by atoms with Crippen LogP contribution in [0, 0.1) is 0 Å². The molecule has 0 amide bonds. The van der Waals surface area contributed by atoms with Gasteiger partial charge in [-0.05, 0) is 35.7 Å². The summed E-state index contributed by atoms with van der Waals surface area (Å²) in [6.45, 7) is 3.82. The third-order valence-corrected chi connectivity index (χ3v) is 3.43. The molecule has 114 valence electrons. The van der Waals surface area contributed by atoms with Crippen molar-refractivity contribution in [2.24, 2.45) is 0 Å². The van der Waals surface area contributed by atoms with E-state index in [2.05, 4.69) is 37.3 Å². The fraction of sp³-hybridized carbons (Fsp3) is 0.353.